The normalized spacial score (nSPS) is 22.7. The first-order valence-electron chi connectivity index (χ1n) is 12.4. The van der Waals surface area contributed by atoms with Crippen molar-refractivity contribution in [3.63, 3.8) is 0 Å². The first-order valence-corrected chi connectivity index (χ1v) is 13.2. The van der Waals surface area contributed by atoms with E-state index in [0.717, 1.165) is 43.6 Å². The molecule has 0 unspecified atom stereocenters. The molecule has 4 aromatic rings. The molecule has 6 rings (SSSR count). The summed E-state index contributed by atoms with van der Waals surface area (Å²) >= 11 is 2.02. The van der Waals surface area contributed by atoms with Crippen molar-refractivity contribution in [2.24, 2.45) is 0 Å². The van der Waals surface area contributed by atoms with Crippen LogP contribution in [0, 0.1) is 6.92 Å². The molecule has 1 aliphatic heterocycles. The average Bonchev–Trinajstić information content (AvgIpc) is 3.54. The summed E-state index contributed by atoms with van der Waals surface area (Å²) in [5.41, 5.74) is 7.21. The maximum Gasteiger partial charge on any atom is 0.158 e. The summed E-state index contributed by atoms with van der Waals surface area (Å²) in [6, 6.07) is 5.43. The van der Waals surface area contributed by atoms with Gasteiger partial charge in [0.05, 0.1) is 29.1 Å². The molecule has 1 saturated heterocycles. The Bertz CT molecular complexity index is 1270. The SMILES string of the molecule is Cc1cc(-c2[nH]c3cc(C4CCC(N5CCOCC5)CC4)sc3c2C(C)C)cn2ncnc12. The second-order valence-electron chi connectivity index (χ2n) is 10.1. The van der Waals surface area contributed by atoms with E-state index in [1.807, 2.05) is 15.9 Å². The molecule has 2 aliphatic rings. The Morgan fingerprint density at radius 1 is 1.12 bits per heavy atom. The minimum atomic E-state index is 0.448. The number of aromatic amines is 1. The predicted octanol–water partition coefficient (Wildman–Crippen LogP) is 5.73. The third kappa shape index (κ3) is 3.80. The lowest BCUT2D eigenvalue weighted by atomic mass is 9.84. The number of aromatic nitrogens is 4. The zero-order valence-electron chi connectivity index (χ0n) is 19.8. The van der Waals surface area contributed by atoms with E-state index in [9.17, 15) is 0 Å². The zero-order chi connectivity index (χ0) is 22.5. The number of nitrogens with zero attached hydrogens (tertiary/aromatic N) is 4. The van der Waals surface area contributed by atoms with Gasteiger partial charge in [0, 0.05) is 35.8 Å². The van der Waals surface area contributed by atoms with Crippen LogP contribution in [0.5, 0.6) is 0 Å². The summed E-state index contributed by atoms with van der Waals surface area (Å²) in [5.74, 6) is 1.15. The van der Waals surface area contributed by atoms with Gasteiger partial charge in [-0.1, -0.05) is 13.8 Å². The van der Waals surface area contributed by atoms with Crippen LogP contribution in [0.4, 0.5) is 0 Å². The fourth-order valence-electron chi connectivity index (χ4n) is 5.90. The Labute approximate surface area is 199 Å². The van der Waals surface area contributed by atoms with Gasteiger partial charge in [-0.05, 0) is 67.7 Å². The van der Waals surface area contributed by atoms with Crippen molar-refractivity contribution in [3.8, 4) is 11.3 Å². The molecule has 0 atom stereocenters. The molecule has 2 fully saturated rings. The van der Waals surface area contributed by atoms with Crippen LogP contribution in [0.15, 0.2) is 24.7 Å². The number of hydrogen-bond acceptors (Lipinski definition) is 5. The van der Waals surface area contributed by atoms with Gasteiger partial charge >= 0.3 is 0 Å². The molecule has 7 heteroatoms. The minimum Gasteiger partial charge on any atom is -0.379 e. The highest BCUT2D eigenvalue weighted by atomic mass is 32.1. The van der Waals surface area contributed by atoms with Gasteiger partial charge in [-0.2, -0.15) is 5.10 Å². The third-order valence-corrected chi connectivity index (χ3v) is 8.94. The topological polar surface area (TPSA) is 58.5 Å². The predicted molar refractivity (Wildman–Crippen MR) is 134 cm³/mol. The second kappa shape index (κ2) is 8.53. The van der Waals surface area contributed by atoms with Crippen LogP contribution in [0.3, 0.4) is 0 Å². The highest BCUT2D eigenvalue weighted by Crippen LogP contribution is 2.45. The smallest absolute Gasteiger partial charge is 0.158 e. The van der Waals surface area contributed by atoms with Crippen LogP contribution in [0.25, 0.3) is 27.1 Å². The average molecular weight is 464 g/mol. The quantitative estimate of drug-likeness (QED) is 0.420. The van der Waals surface area contributed by atoms with Crippen LogP contribution in [-0.2, 0) is 4.74 Å². The van der Waals surface area contributed by atoms with Gasteiger partial charge in [0.2, 0.25) is 0 Å². The molecule has 6 nitrogen and oxygen atoms in total. The van der Waals surface area contributed by atoms with Crippen molar-refractivity contribution in [1.82, 2.24) is 24.5 Å². The van der Waals surface area contributed by atoms with Crippen molar-refractivity contribution >= 4 is 27.2 Å². The summed E-state index contributed by atoms with van der Waals surface area (Å²) in [6.07, 6.45) is 8.97. The lowest BCUT2D eigenvalue weighted by Gasteiger charge is -2.38. The number of morpholine rings is 1. The van der Waals surface area contributed by atoms with Crippen molar-refractivity contribution in [3.05, 3.63) is 40.7 Å². The fourth-order valence-corrected chi connectivity index (χ4v) is 7.38. The van der Waals surface area contributed by atoms with Gasteiger partial charge in [0.15, 0.2) is 5.65 Å². The number of hydrogen-bond donors (Lipinski definition) is 1. The van der Waals surface area contributed by atoms with E-state index in [4.69, 9.17) is 4.74 Å². The maximum absolute atomic E-state index is 5.55. The van der Waals surface area contributed by atoms with Gasteiger partial charge in [0.25, 0.3) is 0 Å². The number of aryl methyl sites for hydroxylation is 1. The summed E-state index contributed by atoms with van der Waals surface area (Å²) in [6.45, 7) is 10.7. The Kier molecular flexibility index (Phi) is 5.51. The number of ether oxygens (including phenoxy) is 1. The van der Waals surface area contributed by atoms with Crippen LogP contribution in [0.2, 0.25) is 0 Å². The molecule has 5 heterocycles. The van der Waals surface area contributed by atoms with E-state index >= 15 is 0 Å². The summed E-state index contributed by atoms with van der Waals surface area (Å²) in [4.78, 5) is 12.4. The molecule has 33 heavy (non-hydrogen) atoms. The second-order valence-corrected chi connectivity index (χ2v) is 11.1. The number of fused-ring (bicyclic) bond motifs is 2. The van der Waals surface area contributed by atoms with Crippen LogP contribution in [-0.4, -0.2) is 56.8 Å². The summed E-state index contributed by atoms with van der Waals surface area (Å²) in [7, 11) is 0. The zero-order valence-corrected chi connectivity index (χ0v) is 20.6. The van der Waals surface area contributed by atoms with Gasteiger partial charge in [-0.25, -0.2) is 9.50 Å². The lowest BCUT2D eigenvalue weighted by molar-refractivity contribution is 0.00737. The summed E-state index contributed by atoms with van der Waals surface area (Å²) in [5, 5.41) is 4.38. The van der Waals surface area contributed by atoms with E-state index in [-0.39, 0.29) is 0 Å². The number of nitrogens with one attached hydrogen (secondary N) is 1. The van der Waals surface area contributed by atoms with Gasteiger partial charge < -0.3 is 9.72 Å². The van der Waals surface area contributed by atoms with E-state index in [1.165, 1.54) is 52.7 Å². The number of H-pyrrole nitrogens is 1. The van der Waals surface area contributed by atoms with Gasteiger partial charge in [0.1, 0.15) is 6.33 Å². The van der Waals surface area contributed by atoms with Crippen LogP contribution >= 0.6 is 11.3 Å². The third-order valence-electron chi connectivity index (χ3n) is 7.61. The number of rotatable bonds is 4. The lowest BCUT2D eigenvalue weighted by Crippen LogP contribution is -2.44. The van der Waals surface area contributed by atoms with Crippen molar-refractivity contribution in [2.45, 2.75) is 64.3 Å². The fraction of sp³-hybridized carbons (Fsp3) is 0.538. The molecule has 174 valence electrons. The van der Waals surface area contributed by atoms with Crippen molar-refractivity contribution < 1.29 is 4.74 Å². The van der Waals surface area contributed by atoms with Gasteiger partial charge in [-0.15, -0.1) is 11.3 Å². The molecular weight excluding hydrogens is 430 g/mol. The van der Waals surface area contributed by atoms with E-state index in [2.05, 4.69) is 59.1 Å². The maximum atomic E-state index is 5.55. The Morgan fingerprint density at radius 3 is 2.67 bits per heavy atom. The molecule has 4 aromatic heterocycles. The van der Waals surface area contributed by atoms with E-state index < -0.39 is 0 Å². The van der Waals surface area contributed by atoms with Crippen molar-refractivity contribution in [2.75, 3.05) is 26.3 Å². The Hall–Kier alpha value is -2.22. The van der Waals surface area contributed by atoms with Crippen LogP contribution < -0.4 is 0 Å². The van der Waals surface area contributed by atoms with Gasteiger partial charge in [-0.3, -0.25) is 4.90 Å². The molecule has 0 bridgehead atoms. The van der Waals surface area contributed by atoms with E-state index in [1.54, 1.807) is 11.2 Å². The molecule has 0 aromatic carbocycles. The molecule has 0 radical (unpaired) electrons. The molecular formula is C26H33N5OS. The minimum absolute atomic E-state index is 0.448. The van der Waals surface area contributed by atoms with Crippen molar-refractivity contribution in [1.29, 1.82) is 0 Å². The Morgan fingerprint density at radius 2 is 1.91 bits per heavy atom. The number of thiophene rings is 1. The van der Waals surface area contributed by atoms with Crippen LogP contribution in [0.1, 0.15) is 67.4 Å². The highest BCUT2D eigenvalue weighted by molar-refractivity contribution is 7.19. The standard InChI is InChI=1S/C26H33N5OS/c1-16(2)23-24(19-12-17(3)26-27-15-28-31(26)14-19)29-21-13-22(33-25(21)23)18-4-6-20(7-5-18)30-8-10-32-11-9-30/h12-16,18,20,29H,4-11H2,1-3H3. The molecule has 1 N–H and O–H groups in total. The monoisotopic (exact) mass is 463 g/mol. The molecule has 1 aliphatic carbocycles. The Balaban J connectivity index is 1.28. The summed E-state index contributed by atoms with van der Waals surface area (Å²) < 4.78 is 8.87. The molecule has 0 amide bonds. The first kappa shape index (κ1) is 21.3. The highest BCUT2D eigenvalue weighted by Gasteiger charge is 2.29. The number of pyridine rings is 1. The first-order chi connectivity index (χ1) is 16.1. The van der Waals surface area contributed by atoms with E-state index in [0.29, 0.717) is 11.8 Å². The largest absolute Gasteiger partial charge is 0.379 e. The molecule has 0 spiro atoms. The molecule has 1 saturated carbocycles.